The van der Waals surface area contributed by atoms with Gasteiger partial charge in [0, 0.05) is 38.1 Å². The Morgan fingerprint density at radius 1 is 1.40 bits per heavy atom. The number of rotatable bonds is 4. The molecule has 2 aromatic rings. The first-order valence-corrected chi connectivity index (χ1v) is 5.68. The maximum atomic E-state index is 11.9. The number of nitrogens with two attached hydrogens (primary N) is 1. The van der Waals surface area contributed by atoms with Gasteiger partial charge in [0.05, 0.1) is 11.9 Å². The lowest BCUT2D eigenvalue weighted by atomic mass is 10.3. The number of anilines is 1. The molecule has 0 unspecified atom stereocenters. The monoisotopic (exact) mass is 320 g/mol. The van der Waals surface area contributed by atoms with E-state index in [4.69, 9.17) is 5.73 Å². The summed E-state index contributed by atoms with van der Waals surface area (Å²) in [6.45, 7) is 3.02. The molecule has 0 aliphatic rings. The zero-order valence-electron chi connectivity index (χ0n) is 11.2. The summed E-state index contributed by atoms with van der Waals surface area (Å²) in [5.41, 5.74) is 7.31. The van der Waals surface area contributed by atoms with Gasteiger partial charge in [-0.05, 0) is 6.92 Å². The molecule has 7 nitrogen and oxygen atoms in total. The fourth-order valence-corrected chi connectivity index (χ4v) is 1.60. The molecule has 0 fully saturated rings. The molecular formula is C11H18Cl2N6O. The lowest BCUT2D eigenvalue weighted by Crippen LogP contribution is -2.24. The number of nitrogens with zero attached hydrogens (tertiary/aromatic N) is 4. The number of carbonyl (C=O) groups excluding carboxylic acids is 1. The minimum atomic E-state index is -0.274. The first kappa shape index (κ1) is 18.3. The minimum absolute atomic E-state index is 0. The standard InChI is InChI=1S/C11H16N6O.2ClH/c1-3-17-7-9(12)10(15-17)11(18)13-4-8-5-14-16(2)6-8;;/h5-7H,3-4,12H2,1-2H3,(H,13,18);2*1H. The van der Waals surface area contributed by atoms with E-state index in [9.17, 15) is 4.79 Å². The highest BCUT2D eigenvalue weighted by Gasteiger charge is 2.14. The number of aromatic nitrogens is 4. The predicted molar refractivity (Wildman–Crippen MR) is 81.2 cm³/mol. The average molecular weight is 321 g/mol. The van der Waals surface area contributed by atoms with Gasteiger partial charge in [-0.1, -0.05) is 0 Å². The van der Waals surface area contributed by atoms with Gasteiger partial charge in [0.1, 0.15) is 0 Å². The van der Waals surface area contributed by atoms with Gasteiger partial charge in [-0.25, -0.2) is 0 Å². The Hall–Kier alpha value is -1.73. The second-order valence-corrected chi connectivity index (χ2v) is 3.99. The Morgan fingerprint density at radius 3 is 2.60 bits per heavy atom. The van der Waals surface area contributed by atoms with Crippen LogP contribution >= 0.6 is 24.8 Å². The van der Waals surface area contributed by atoms with Crippen LogP contribution in [0.1, 0.15) is 23.0 Å². The third-order valence-electron chi connectivity index (χ3n) is 2.54. The number of carbonyl (C=O) groups is 1. The number of amides is 1. The van der Waals surface area contributed by atoms with Gasteiger partial charge in [0.25, 0.3) is 5.91 Å². The van der Waals surface area contributed by atoms with Crippen LogP contribution in [0.3, 0.4) is 0 Å². The van der Waals surface area contributed by atoms with E-state index in [0.717, 1.165) is 5.56 Å². The first-order chi connectivity index (χ1) is 8.60. The maximum Gasteiger partial charge on any atom is 0.274 e. The molecule has 2 heterocycles. The fraction of sp³-hybridized carbons (Fsp3) is 0.364. The Bertz CT molecular complexity index is 565. The van der Waals surface area contributed by atoms with Gasteiger partial charge in [-0.2, -0.15) is 10.2 Å². The average Bonchev–Trinajstić information content (AvgIpc) is 2.92. The van der Waals surface area contributed by atoms with Crippen LogP contribution in [0.25, 0.3) is 0 Å². The van der Waals surface area contributed by atoms with Gasteiger partial charge < -0.3 is 11.1 Å². The maximum absolute atomic E-state index is 11.9. The summed E-state index contributed by atoms with van der Waals surface area (Å²) in [7, 11) is 1.83. The van der Waals surface area contributed by atoms with Crippen molar-refractivity contribution in [2.45, 2.75) is 20.0 Å². The van der Waals surface area contributed by atoms with E-state index in [1.165, 1.54) is 0 Å². The first-order valence-electron chi connectivity index (χ1n) is 5.68. The molecule has 0 saturated heterocycles. The molecule has 0 radical (unpaired) electrons. The summed E-state index contributed by atoms with van der Waals surface area (Å²) < 4.78 is 3.32. The van der Waals surface area contributed by atoms with Crippen molar-refractivity contribution in [3.05, 3.63) is 29.8 Å². The van der Waals surface area contributed by atoms with Crippen LogP contribution < -0.4 is 11.1 Å². The number of aryl methyl sites for hydroxylation is 2. The molecule has 0 spiro atoms. The molecule has 0 saturated carbocycles. The van der Waals surface area contributed by atoms with Crippen LogP contribution in [0.4, 0.5) is 5.69 Å². The third-order valence-corrected chi connectivity index (χ3v) is 2.54. The van der Waals surface area contributed by atoms with Gasteiger partial charge in [0.15, 0.2) is 5.69 Å². The SMILES string of the molecule is CCn1cc(N)c(C(=O)NCc2cnn(C)c2)n1.Cl.Cl. The second-order valence-electron chi connectivity index (χ2n) is 3.99. The summed E-state index contributed by atoms with van der Waals surface area (Å²) in [6, 6.07) is 0. The van der Waals surface area contributed by atoms with Crippen molar-refractivity contribution in [3.8, 4) is 0 Å². The molecule has 0 atom stereocenters. The molecule has 9 heteroatoms. The molecule has 0 aromatic carbocycles. The predicted octanol–water partition coefficient (Wildman–Crippen LogP) is 0.992. The molecule has 20 heavy (non-hydrogen) atoms. The zero-order chi connectivity index (χ0) is 13.1. The molecule has 2 aromatic heterocycles. The lowest BCUT2D eigenvalue weighted by molar-refractivity contribution is 0.0946. The minimum Gasteiger partial charge on any atom is -0.396 e. The Morgan fingerprint density at radius 2 is 2.10 bits per heavy atom. The van der Waals surface area contributed by atoms with E-state index in [0.29, 0.717) is 18.8 Å². The van der Waals surface area contributed by atoms with Crippen LogP contribution in [-0.4, -0.2) is 25.5 Å². The van der Waals surface area contributed by atoms with Crippen molar-refractivity contribution in [1.82, 2.24) is 24.9 Å². The highest BCUT2D eigenvalue weighted by Crippen LogP contribution is 2.09. The van der Waals surface area contributed by atoms with Gasteiger partial charge in [-0.3, -0.25) is 14.2 Å². The van der Waals surface area contributed by atoms with Gasteiger partial charge in [0.2, 0.25) is 0 Å². The number of nitrogens with one attached hydrogen (secondary N) is 1. The van der Waals surface area contributed by atoms with Crippen molar-refractivity contribution in [2.24, 2.45) is 7.05 Å². The van der Waals surface area contributed by atoms with Crippen molar-refractivity contribution < 1.29 is 4.79 Å². The van der Waals surface area contributed by atoms with Gasteiger partial charge >= 0.3 is 0 Å². The summed E-state index contributed by atoms with van der Waals surface area (Å²) in [6.07, 6.45) is 5.20. The van der Waals surface area contributed by atoms with Crippen molar-refractivity contribution in [3.63, 3.8) is 0 Å². The Balaban J connectivity index is 0.00000180. The van der Waals surface area contributed by atoms with E-state index in [1.54, 1.807) is 21.8 Å². The van der Waals surface area contributed by atoms with E-state index < -0.39 is 0 Å². The quantitative estimate of drug-likeness (QED) is 0.879. The van der Waals surface area contributed by atoms with E-state index in [-0.39, 0.29) is 36.4 Å². The van der Waals surface area contributed by atoms with Crippen molar-refractivity contribution in [1.29, 1.82) is 0 Å². The fourth-order valence-electron chi connectivity index (χ4n) is 1.60. The van der Waals surface area contributed by atoms with Crippen LogP contribution in [0, 0.1) is 0 Å². The molecule has 2 rings (SSSR count). The van der Waals surface area contributed by atoms with Crippen LogP contribution in [0.15, 0.2) is 18.6 Å². The van der Waals surface area contributed by atoms with E-state index in [1.807, 2.05) is 20.2 Å². The second kappa shape index (κ2) is 7.76. The Kier molecular flexibility index (Phi) is 7.09. The zero-order valence-corrected chi connectivity index (χ0v) is 12.9. The number of hydrogen-bond acceptors (Lipinski definition) is 4. The number of nitrogen functional groups attached to an aromatic ring is 1. The molecule has 0 bridgehead atoms. The number of halogens is 2. The van der Waals surface area contributed by atoms with Crippen LogP contribution in [0.2, 0.25) is 0 Å². The summed E-state index contributed by atoms with van der Waals surface area (Å²) >= 11 is 0. The smallest absolute Gasteiger partial charge is 0.274 e. The molecule has 0 aliphatic carbocycles. The van der Waals surface area contributed by atoms with Gasteiger partial charge in [-0.15, -0.1) is 24.8 Å². The topological polar surface area (TPSA) is 90.8 Å². The Labute approximate surface area is 129 Å². The van der Waals surface area contributed by atoms with Crippen LogP contribution in [-0.2, 0) is 20.1 Å². The highest BCUT2D eigenvalue weighted by atomic mass is 35.5. The van der Waals surface area contributed by atoms with Crippen LogP contribution in [0.5, 0.6) is 0 Å². The van der Waals surface area contributed by atoms with Crippen molar-refractivity contribution in [2.75, 3.05) is 5.73 Å². The molecule has 1 amide bonds. The number of hydrogen-bond donors (Lipinski definition) is 2. The third kappa shape index (κ3) is 4.14. The molecular weight excluding hydrogens is 303 g/mol. The van der Waals surface area contributed by atoms with E-state index in [2.05, 4.69) is 15.5 Å². The summed E-state index contributed by atoms with van der Waals surface area (Å²) in [4.78, 5) is 11.9. The summed E-state index contributed by atoms with van der Waals surface area (Å²) in [5.74, 6) is -0.274. The molecule has 3 N–H and O–H groups in total. The molecule has 112 valence electrons. The normalized spacial score (nSPS) is 9.50. The highest BCUT2D eigenvalue weighted by molar-refractivity contribution is 5.96. The summed E-state index contributed by atoms with van der Waals surface area (Å²) in [5, 5.41) is 10.9. The lowest BCUT2D eigenvalue weighted by Gasteiger charge is -2.01. The van der Waals surface area contributed by atoms with E-state index >= 15 is 0 Å². The largest absolute Gasteiger partial charge is 0.396 e. The van der Waals surface area contributed by atoms with Crippen molar-refractivity contribution >= 4 is 36.4 Å². The molecule has 0 aliphatic heterocycles.